The smallest absolute Gasteiger partial charge is 0.282 e. The summed E-state index contributed by atoms with van der Waals surface area (Å²) in [4.78, 5) is 17.4. The van der Waals surface area contributed by atoms with Gasteiger partial charge in [0.2, 0.25) is 0 Å². The molecule has 6 heteroatoms. The Morgan fingerprint density at radius 1 is 1.33 bits per heavy atom. The lowest BCUT2D eigenvalue weighted by Gasteiger charge is -2.21. The van der Waals surface area contributed by atoms with Crippen molar-refractivity contribution in [1.29, 1.82) is 0 Å². The third-order valence-corrected chi connectivity index (χ3v) is 4.17. The Morgan fingerprint density at radius 2 is 2.04 bits per heavy atom. The van der Waals surface area contributed by atoms with Crippen molar-refractivity contribution >= 4 is 23.2 Å². The molecule has 0 aliphatic rings. The third-order valence-electron chi connectivity index (χ3n) is 3.87. The van der Waals surface area contributed by atoms with Crippen molar-refractivity contribution in [2.24, 2.45) is 0 Å². The summed E-state index contributed by atoms with van der Waals surface area (Å²) in [6.07, 6.45) is 1.59. The SMILES string of the molecule is CCOc1ccc(C[NH+](C)[C@H](C)C(=O)Nc2cccnc2Cl)cc1. The summed E-state index contributed by atoms with van der Waals surface area (Å²) in [7, 11) is 1.99. The van der Waals surface area contributed by atoms with E-state index < -0.39 is 0 Å². The highest BCUT2D eigenvalue weighted by atomic mass is 35.5. The van der Waals surface area contributed by atoms with Crippen LogP contribution in [0.15, 0.2) is 42.6 Å². The number of quaternary nitrogens is 1. The molecule has 0 bridgehead atoms. The molecule has 0 saturated heterocycles. The summed E-state index contributed by atoms with van der Waals surface area (Å²) < 4.78 is 5.44. The normalized spacial score (nSPS) is 13.2. The average Bonchev–Trinajstić information content (AvgIpc) is 2.58. The van der Waals surface area contributed by atoms with Gasteiger partial charge in [0, 0.05) is 11.8 Å². The Kier molecular flexibility index (Phi) is 6.58. The van der Waals surface area contributed by atoms with Gasteiger partial charge in [-0.1, -0.05) is 11.6 Å². The molecule has 1 heterocycles. The summed E-state index contributed by atoms with van der Waals surface area (Å²) in [6, 6.07) is 11.2. The molecule has 0 saturated carbocycles. The van der Waals surface area contributed by atoms with E-state index in [9.17, 15) is 4.79 Å². The van der Waals surface area contributed by atoms with Crippen LogP contribution < -0.4 is 15.0 Å². The minimum atomic E-state index is -0.229. The maximum Gasteiger partial charge on any atom is 0.282 e. The molecule has 2 rings (SSSR count). The predicted octanol–water partition coefficient (Wildman–Crippen LogP) is 2.18. The standard InChI is InChI=1S/C18H22ClN3O2/c1-4-24-15-9-7-14(8-10-15)12-22(3)13(2)18(23)21-16-6-5-11-20-17(16)19/h5-11,13H,4,12H2,1-3H3,(H,21,23)/p+1/t13-/m1/s1. The van der Waals surface area contributed by atoms with Crippen LogP contribution in [0.2, 0.25) is 5.15 Å². The van der Waals surface area contributed by atoms with Gasteiger partial charge < -0.3 is 15.0 Å². The van der Waals surface area contributed by atoms with E-state index in [0.29, 0.717) is 17.4 Å². The molecule has 1 unspecified atom stereocenters. The summed E-state index contributed by atoms with van der Waals surface area (Å²) >= 11 is 5.98. The molecule has 2 atom stereocenters. The summed E-state index contributed by atoms with van der Waals surface area (Å²) in [5.41, 5.74) is 1.68. The fourth-order valence-electron chi connectivity index (χ4n) is 2.29. The van der Waals surface area contributed by atoms with Crippen molar-refractivity contribution in [2.45, 2.75) is 26.4 Å². The molecule has 128 valence electrons. The maximum atomic E-state index is 12.4. The van der Waals surface area contributed by atoms with Crippen LogP contribution >= 0.6 is 11.6 Å². The van der Waals surface area contributed by atoms with Crippen LogP contribution in [0.5, 0.6) is 5.75 Å². The Bertz CT molecular complexity index is 676. The Hall–Kier alpha value is -2.11. The highest BCUT2D eigenvalue weighted by Gasteiger charge is 2.22. The first-order valence-corrected chi connectivity index (χ1v) is 8.34. The second-order valence-corrected chi connectivity index (χ2v) is 6.01. The molecule has 0 aliphatic carbocycles. The summed E-state index contributed by atoms with van der Waals surface area (Å²) in [6.45, 7) is 5.24. The molecule has 0 aliphatic heterocycles. The zero-order valence-electron chi connectivity index (χ0n) is 14.2. The van der Waals surface area contributed by atoms with Crippen LogP contribution in [0.1, 0.15) is 19.4 Å². The number of nitrogens with zero attached hydrogens (tertiary/aromatic N) is 1. The fraction of sp³-hybridized carbons (Fsp3) is 0.333. The topological polar surface area (TPSA) is 55.7 Å². The highest BCUT2D eigenvalue weighted by Crippen LogP contribution is 2.17. The lowest BCUT2D eigenvalue weighted by Crippen LogP contribution is -3.12. The van der Waals surface area contributed by atoms with E-state index in [0.717, 1.165) is 22.8 Å². The quantitative estimate of drug-likeness (QED) is 0.754. The second-order valence-electron chi connectivity index (χ2n) is 5.65. The highest BCUT2D eigenvalue weighted by molar-refractivity contribution is 6.32. The maximum absolute atomic E-state index is 12.4. The largest absolute Gasteiger partial charge is 0.494 e. The van der Waals surface area contributed by atoms with E-state index in [1.165, 1.54) is 0 Å². The Balaban J connectivity index is 1.94. The molecule has 24 heavy (non-hydrogen) atoms. The molecular formula is C18H23ClN3O2+. The van der Waals surface area contributed by atoms with Crippen molar-refractivity contribution in [3.63, 3.8) is 0 Å². The van der Waals surface area contributed by atoms with Crippen molar-refractivity contribution in [3.05, 3.63) is 53.3 Å². The molecule has 0 fully saturated rings. The Labute approximate surface area is 147 Å². The first kappa shape index (κ1) is 18.2. The number of aromatic nitrogens is 1. The van der Waals surface area contributed by atoms with Gasteiger partial charge in [-0.25, -0.2) is 4.98 Å². The molecule has 2 N–H and O–H groups in total. The lowest BCUT2D eigenvalue weighted by molar-refractivity contribution is -0.907. The molecular weight excluding hydrogens is 326 g/mol. The Morgan fingerprint density at radius 3 is 2.67 bits per heavy atom. The molecule has 1 aromatic heterocycles. The van der Waals surface area contributed by atoms with Gasteiger partial charge in [-0.05, 0) is 50.2 Å². The van der Waals surface area contributed by atoms with E-state index in [2.05, 4.69) is 10.3 Å². The lowest BCUT2D eigenvalue weighted by atomic mass is 10.1. The van der Waals surface area contributed by atoms with Crippen LogP contribution in [0, 0.1) is 0 Å². The number of rotatable bonds is 7. The second kappa shape index (κ2) is 8.66. The number of carbonyl (C=O) groups is 1. The van der Waals surface area contributed by atoms with Crippen molar-refractivity contribution in [2.75, 3.05) is 19.0 Å². The first-order valence-electron chi connectivity index (χ1n) is 7.96. The van der Waals surface area contributed by atoms with E-state index in [4.69, 9.17) is 16.3 Å². The zero-order chi connectivity index (χ0) is 17.5. The number of amides is 1. The van der Waals surface area contributed by atoms with Crippen LogP contribution in [-0.4, -0.2) is 30.6 Å². The minimum absolute atomic E-state index is 0.0895. The van der Waals surface area contributed by atoms with Gasteiger partial charge >= 0.3 is 0 Å². The van der Waals surface area contributed by atoms with Gasteiger partial charge in [0.1, 0.15) is 12.3 Å². The number of hydrogen-bond donors (Lipinski definition) is 2. The number of carbonyl (C=O) groups excluding carboxylic acids is 1. The third kappa shape index (κ3) is 4.94. The zero-order valence-corrected chi connectivity index (χ0v) is 14.9. The van der Waals surface area contributed by atoms with E-state index in [-0.39, 0.29) is 11.9 Å². The van der Waals surface area contributed by atoms with Crippen LogP contribution in [0.25, 0.3) is 0 Å². The number of anilines is 1. The van der Waals surface area contributed by atoms with Gasteiger partial charge in [-0.3, -0.25) is 4.79 Å². The number of ether oxygens (including phenoxy) is 1. The molecule has 5 nitrogen and oxygen atoms in total. The molecule has 1 aromatic carbocycles. The fourth-order valence-corrected chi connectivity index (χ4v) is 2.46. The number of hydrogen-bond acceptors (Lipinski definition) is 3. The molecule has 0 spiro atoms. The number of halogens is 1. The van der Waals surface area contributed by atoms with Crippen molar-refractivity contribution in [1.82, 2.24) is 4.98 Å². The van der Waals surface area contributed by atoms with E-state index >= 15 is 0 Å². The summed E-state index contributed by atoms with van der Waals surface area (Å²) in [5.74, 6) is 0.768. The van der Waals surface area contributed by atoms with Crippen molar-refractivity contribution < 1.29 is 14.4 Å². The van der Waals surface area contributed by atoms with Gasteiger partial charge in [0.05, 0.1) is 19.3 Å². The average molecular weight is 349 g/mol. The van der Waals surface area contributed by atoms with Gasteiger partial charge in [-0.2, -0.15) is 0 Å². The van der Waals surface area contributed by atoms with Gasteiger partial charge in [-0.15, -0.1) is 0 Å². The van der Waals surface area contributed by atoms with Crippen LogP contribution in [0.4, 0.5) is 5.69 Å². The molecule has 1 amide bonds. The predicted molar refractivity (Wildman–Crippen MR) is 95.5 cm³/mol. The van der Waals surface area contributed by atoms with Gasteiger partial charge in [0.15, 0.2) is 11.2 Å². The van der Waals surface area contributed by atoms with Gasteiger partial charge in [0.25, 0.3) is 5.91 Å². The van der Waals surface area contributed by atoms with Crippen LogP contribution in [-0.2, 0) is 11.3 Å². The van der Waals surface area contributed by atoms with E-state index in [1.54, 1.807) is 18.3 Å². The monoisotopic (exact) mass is 348 g/mol. The van der Waals surface area contributed by atoms with E-state index in [1.807, 2.05) is 45.2 Å². The minimum Gasteiger partial charge on any atom is -0.494 e. The van der Waals surface area contributed by atoms with Crippen LogP contribution in [0.3, 0.4) is 0 Å². The summed E-state index contributed by atoms with van der Waals surface area (Å²) in [5, 5.41) is 3.12. The van der Waals surface area contributed by atoms with Crippen molar-refractivity contribution in [3.8, 4) is 5.75 Å². The molecule has 0 radical (unpaired) electrons. The number of likely N-dealkylation sites (N-methyl/N-ethyl adjacent to an activating group) is 1. The molecule has 2 aromatic rings. The number of benzene rings is 1. The first-order chi connectivity index (χ1) is 11.5. The number of nitrogens with one attached hydrogen (secondary N) is 2. The number of pyridine rings is 1.